The van der Waals surface area contributed by atoms with Gasteiger partial charge in [0.1, 0.15) is 5.82 Å². The Labute approximate surface area is 146 Å². The van der Waals surface area contributed by atoms with Gasteiger partial charge in [0.2, 0.25) is 0 Å². The maximum absolute atomic E-state index is 9.27. The van der Waals surface area contributed by atoms with E-state index in [2.05, 4.69) is 44.7 Å². The highest BCUT2D eigenvalue weighted by Crippen LogP contribution is 2.18. The molecule has 1 atom stereocenters. The fraction of sp³-hybridized carbons (Fsp3) is 0.316. The average Bonchev–Trinajstić information content (AvgIpc) is 3.10. The number of nitrogens with one attached hydrogen (secondary N) is 1. The number of pyridine rings is 1. The molecule has 3 rings (SSSR count). The maximum atomic E-state index is 9.27. The molecule has 0 bridgehead atoms. The van der Waals surface area contributed by atoms with Crippen LogP contribution in [0.3, 0.4) is 0 Å². The van der Waals surface area contributed by atoms with E-state index in [1.807, 2.05) is 18.2 Å². The molecule has 130 valence electrons. The Morgan fingerprint density at radius 2 is 1.96 bits per heavy atom. The molecule has 1 unspecified atom stereocenters. The summed E-state index contributed by atoms with van der Waals surface area (Å²) in [7, 11) is 0. The largest absolute Gasteiger partial charge is 0.392 e. The van der Waals surface area contributed by atoms with Gasteiger partial charge in [0.15, 0.2) is 5.82 Å². The van der Waals surface area contributed by atoms with Crippen LogP contribution in [-0.2, 0) is 12.8 Å². The van der Waals surface area contributed by atoms with Crippen molar-refractivity contribution in [3.63, 3.8) is 0 Å². The van der Waals surface area contributed by atoms with Crippen LogP contribution in [0.4, 0.5) is 5.82 Å². The van der Waals surface area contributed by atoms with Gasteiger partial charge in [0.25, 0.3) is 5.89 Å². The minimum atomic E-state index is -0.420. The summed E-state index contributed by atoms with van der Waals surface area (Å²) in [4.78, 5) is 8.73. The summed E-state index contributed by atoms with van der Waals surface area (Å²) in [6.07, 6.45) is 4.01. The minimum Gasteiger partial charge on any atom is -0.392 e. The van der Waals surface area contributed by atoms with E-state index in [1.165, 1.54) is 5.56 Å². The monoisotopic (exact) mass is 338 g/mol. The van der Waals surface area contributed by atoms with Gasteiger partial charge in [-0.3, -0.25) is 0 Å². The van der Waals surface area contributed by atoms with Gasteiger partial charge in [-0.15, -0.1) is 0 Å². The Bertz CT molecular complexity index is 770. The number of aromatic nitrogens is 3. The average molecular weight is 338 g/mol. The fourth-order valence-corrected chi connectivity index (χ4v) is 2.45. The predicted molar refractivity (Wildman–Crippen MR) is 96.2 cm³/mol. The van der Waals surface area contributed by atoms with E-state index >= 15 is 0 Å². The van der Waals surface area contributed by atoms with E-state index in [4.69, 9.17) is 4.52 Å². The number of aliphatic hydroxyl groups excluding tert-OH is 1. The Morgan fingerprint density at radius 1 is 1.12 bits per heavy atom. The Balaban J connectivity index is 1.54. The lowest BCUT2D eigenvalue weighted by molar-refractivity contribution is 0.208. The lowest BCUT2D eigenvalue weighted by Crippen LogP contribution is -2.15. The molecule has 0 fully saturated rings. The normalized spacial score (nSPS) is 12.1. The number of benzene rings is 1. The number of anilines is 1. The van der Waals surface area contributed by atoms with Crippen LogP contribution in [0.25, 0.3) is 11.5 Å². The van der Waals surface area contributed by atoms with Crippen LogP contribution in [0.15, 0.2) is 53.2 Å². The van der Waals surface area contributed by atoms with Gasteiger partial charge in [-0.1, -0.05) is 35.5 Å². The number of hydrogen-bond acceptors (Lipinski definition) is 6. The second-order valence-electron chi connectivity index (χ2n) is 6.02. The first-order valence-corrected chi connectivity index (χ1v) is 8.45. The van der Waals surface area contributed by atoms with Gasteiger partial charge in [-0.25, -0.2) is 4.98 Å². The Hall–Kier alpha value is -2.73. The van der Waals surface area contributed by atoms with Crippen molar-refractivity contribution in [2.45, 2.75) is 32.3 Å². The summed E-state index contributed by atoms with van der Waals surface area (Å²) < 4.78 is 5.33. The third-order valence-electron chi connectivity index (χ3n) is 3.77. The molecule has 2 aromatic heterocycles. The third-order valence-corrected chi connectivity index (χ3v) is 3.77. The van der Waals surface area contributed by atoms with Crippen molar-refractivity contribution in [1.29, 1.82) is 0 Å². The molecule has 0 amide bonds. The summed E-state index contributed by atoms with van der Waals surface area (Å²) in [5.74, 6) is 1.89. The van der Waals surface area contributed by atoms with Gasteiger partial charge >= 0.3 is 0 Å². The first-order chi connectivity index (χ1) is 12.2. The molecule has 0 radical (unpaired) electrons. The molecule has 2 N–H and O–H groups in total. The number of nitrogens with zero attached hydrogens (tertiary/aromatic N) is 3. The van der Waals surface area contributed by atoms with Crippen LogP contribution in [0.1, 0.15) is 24.7 Å². The number of aryl methyl sites for hydroxylation is 2. The molecule has 0 saturated heterocycles. The lowest BCUT2D eigenvalue weighted by Gasteiger charge is -2.07. The van der Waals surface area contributed by atoms with Crippen molar-refractivity contribution in [3.8, 4) is 11.5 Å². The van der Waals surface area contributed by atoms with E-state index in [9.17, 15) is 5.11 Å². The minimum absolute atomic E-state index is 0.420. The quantitative estimate of drug-likeness (QED) is 0.656. The van der Waals surface area contributed by atoms with Crippen LogP contribution in [-0.4, -0.2) is 32.9 Å². The zero-order valence-corrected chi connectivity index (χ0v) is 14.2. The number of rotatable bonds is 8. The van der Waals surface area contributed by atoms with Crippen LogP contribution in [0.5, 0.6) is 0 Å². The van der Waals surface area contributed by atoms with E-state index < -0.39 is 6.10 Å². The van der Waals surface area contributed by atoms with Crippen molar-refractivity contribution >= 4 is 5.82 Å². The van der Waals surface area contributed by atoms with Crippen LogP contribution < -0.4 is 5.32 Å². The summed E-state index contributed by atoms with van der Waals surface area (Å²) in [5, 5.41) is 16.4. The van der Waals surface area contributed by atoms with E-state index in [1.54, 1.807) is 13.1 Å². The summed E-state index contributed by atoms with van der Waals surface area (Å²) in [5.41, 5.74) is 2.10. The van der Waals surface area contributed by atoms with Crippen molar-refractivity contribution in [1.82, 2.24) is 15.1 Å². The van der Waals surface area contributed by atoms with Gasteiger partial charge in [0, 0.05) is 19.2 Å². The second kappa shape index (κ2) is 8.39. The van der Waals surface area contributed by atoms with Crippen molar-refractivity contribution < 1.29 is 9.63 Å². The molecule has 0 aliphatic rings. The highest BCUT2D eigenvalue weighted by atomic mass is 16.5. The third kappa shape index (κ3) is 5.12. The molecule has 0 aliphatic heterocycles. The lowest BCUT2D eigenvalue weighted by atomic mass is 10.1. The van der Waals surface area contributed by atoms with Gasteiger partial charge in [-0.2, -0.15) is 4.98 Å². The first kappa shape index (κ1) is 17.1. The van der Waals surface area contributed by atoms with Crippen molar-refractivity contribution in [3.05, 3.63) is 60.0 Å². The molecule has 6 heteroatoms. The molecule has 2 heterocycles. The van der Waals surface area contributed by atoms with Gasteiger partial charge < -0.3 is 14.9 Å². The fourth-order valence-electron chi connectivity index (χ4n) is 2.45. The number of aliphatic hydroxyl groups is 1. The summed E-state index contributed by atoms with van der Waals surface area (Å²) in [6.45, 7) is 2.18. The van der Waals surface area contributed by atoms with Gasteiger partial charge in [-0.05, 0) is 37.5 Å². The predicted octanol–water partition coefficient (Wildman–Crippen LogP) is 3.10. The molecule has 6 nitrogen and oxygen atoms in total. The van der Waals surface area contributed by atoms with Crippen LogP contribution in [0, 0.1) is 0 Å². The zero-order valence-electron chi connectivity index (χ0n) is 14.2. The smallest absolute Gasteiger partial charge is 0.259 e. The molecule has 0 saturated carbocycles. The van der Waals surface area contributed by atoms with E-state index in [-0.39, 0.29) is 0 Å². The standard InChI is InChI=1S/C19H22N4O2/c1-14(24)12-20-17-11-10-16(13-21-17)19-22-18(23-25-19)9-5-8-15-6-3-2-4-7-15/h2-4,6-7,10-11,13-14,24H,5,8-9,12H2,1H3,(H,20,21). The highest BCUT2D eigenvalue weighted by Gasteiger charge is 2.09. The molecule has 0 spiro atoms. The topological polar surface area (TPSA) is 84.1 Å². The van der Waals surface area contributed by atoms with E-state index in [0.717, 1.165) is 24.8 Å². The molecule has 1 aromatic carbocycles. The zero-order chi connectivity index (χ0) is 17.5. The molecule has 25 heavy (non-hydrogen) atoms. The Morgan fingerprint density at radius 3 is 2.68 bits per heavy atom. The van der Waals surface area contributed by atoms with Crippen molar-refractivity contribution in [2.75, 3.05) is 11.9 Å². The maximum Gasteiger partial charge on any atom is 0.259 e. The van der Waals surface area contributed by atoms with E-state index in [0.29, 0.717) is 24.1 Å². The van der Waals surface area contributed by atoms with Crippen molar-refractivity contribution in [2.24, 2.45) is 0 Å². The number of hydrogen-bond donors (Lipinski definition) is 2. The molecule has 0 aliphatic carbocycles. The molecular formula is C19H22N4O2. The summed E-state index contributed by atoms with van der Waals surface area (Å²) >= 11 is 0. The SMILES string of the molecule is CC(O)CNc1ccc(-c2nc(CCCc3ccccc3)no2)cn1. The highest BCUT2D eigenvalue weighted by molar-refractivity contribution is 5.54. The molecule has 3 aromatic rings. The summed E-state index contributed by atoms with van der Waals surface area (Å²) in [6, 6.07) is 14.1. The van der Waals surface area contributed by atoms with Gasteiger partial charge in [0.05, 0.1) is 11.7 Å². The first-order valence-electron chi connectivity index (χ1n) is 8.45. The molecular weight excluding hydrogens is 316 g/mol. The Kier molecular flexibility index (Phi) is 5.74. The van der Waals surface area contributed by atoms with Crippen LogP contribution >= 0.6 is 0 Å². The van der Waals surface area contributed by atoms with Crippen LogP contribution in [0.2, 0.25) is 0 Å². The second-order valence-corrected chi connectivity index (χ2v) is 6.02.